The van der Waals surface area contributed by atoms with E-state index in [0.717, 1.165) is 16.2 Å². The minimum Gasteiger partial charge on any atom is -0.478 e. The molecule has 25 heavy (non-hydrogen) atoms. The fourth-order valence-electron chi connectivity index (χ4n) is 2.56. The fourth-order valence-corrected chi connectivity index (χ4v) is 3.67. The number of aliphatic hydroxyl groups is 1. The average molecular weight is 370 g/mol. The zero-order valence-electron chi connectivity index (χ0n) is 14.3. The van der Waals surface area contributed by atoms with Gasteiger partial charge in [0.15, 0.2) is 0 Å². The van der Waals surface area contributed by atoms with Crippen molar-refractivity contribution in [2.45, 2.75) is 51.9 Å². The minimum atomic E-state index is -1.16. The van der Waals surface area contributed by atoms with Crippen LogP contribution in [-0.4, -0.2) is 46.2 Å². The van der Waals surface area contributed by atoms with Crippen LogP contribution in [0.25, 0.3) is 0 Å². The number of carboxylic acid groups (broad SMARTS) is 1. The molecule has 2 heterocycles. The maximum Gasteiger partial charge on any atom is 0.339 e. The van der Waals surface area contributed by atoms with Crippen LogP contribution in [0.2, 0.25) is 0 Å². The first-order valence-corrected chi connectivity index (χ1v) is 8.74. The summed E-state index contributed by atoms with van der Waals surface area (Å²) in [6, 6.07) is -0.525. The molecule has 1 aromatic rings. The Bertz CT molecular complexity index is 693. The smallest absolute Gasteiger partial charge is 0.339 e. The van der Waals surface area contributed by atoms with E-state index in [0.29, 0.717) is 18.4 Å². The van der Waals surface area contributed by atoms with Gasteiger partial charge in [0.2, 0.25) is 0 Å². The molecule has 0 bridgehead atoms. The lowest BCUT2D eigenvalue weighted by molar-refractivity contribution is -0.136. The van der Waals surface area contributed by atoms with Crippen LogP contribution in [0.5, 0.6) is 0 Å². The highest BCUT2D eigenvalue weighted by atomic mass is 32.1. The quantitative estimate of drug-likeness (QED) is 0.576. The van der Waals surface area contributed by atoms with Crippen molar-refractivity contribution in [2.75, 3.05) is 11.9 Å². The Morgan fingerprint density at radius 3 is 2.56 bits per heavy atom. The molecule has 0 saturated heterocycles. The highest BCUT2D eigenvalue weighted by Gasteiger charge is 2.34. The summed E-state index contributed by atoms with van der Waals surface area (Å²) in [4.78, 5) is 36.4. The Balaban J connectivity index is 2.23. The number of aliphatic hydroxyl groups excluding tert-OH is 1. The Hall–Kier alpha value is -1.97. The van der Waals surface area contributed by atoms with E-state index in [1.807, 2.05) is 13.8 Å². The molecule has 2 amide bonds. The van der Waals surface area contributed by atoms with E-state index in [1.54, 1.807) is 6.92 Å². The number of fused-ring (bicyclic) bond motifs is 1. The fraction of sp³-hybridized carbons (Fsp3) is 0.562. The molecule has 0 aromatic carbocycles. The summed E-state index contributed by atoms with van der Waals surface area (Å²) in [5, 5.41) is 23.5. The van der Waals surface area contributed by atoms with E-state index in [9.17, 15) is 19.5 Å². The molecule has 0 fully saturated rings. The summed E-state index contributed by atoms with van der Waals surface area (Å²) in [6.07, 6.45) is 0.876. The number of amides is 2. The second kappa shape index (κ2) is 7.51. The molecule has 138 valence electrons. The molecule has 0 spiro atoms. The zero-order valence-corrected chi connectivity index (χ0v) is 15.2. The number of anilines is 1. The Morgan fingerprint density at radius 1 is 1.32 bits per heavy atom. The van der Waals surface area contributed by atoms with Crippen molar-refractivity contribution >= 4 is 34.1 Å². The van der Waals surface area contributed by atoms with Gasteiger partial charge in [0.1, 0.15) is 5.00 Å². The molecule has 0 aliphatic carbocycles. The van der Waals surface area contributed by atoms with Gasteiger partial charge in [-0.15, -0.1) is 11.3 Å². The van der Waals surface area contributed by atoms with Crippen LogP contribution < -0.4 is 10.6 Å². The summed E-state index contributed by atoms with van der Waals surface area (Å²) < 4.78 is 5.67. The van der Waals surface area contributed by atoms with Crippen molar-refractivity contribution in [3.63, 3.8) is 0 Å². The van der Waals surface area contributed by atoms with E-state index in [-0.39, 0.29) is 23.8 Å². The molecule has 8 nitrogen and oxygen atoms in total. The number of aromatic carboxylic acids is 1. The van der Waals surface area contributed by atoms with Crippen LogP contribution in [0.3, 0.4) is 0 Å². The zero-order chi connectivity index (χ0) is 18.8. The number of thiophene rings is 1. The normalized spacial score (nSPS) is 16.6. The number of hydrogen-bond donors (Lipinski definition) is 4. The molecule has 0 unspecified atom stereocenters. The maximum atomic E-state index is 12.1. The van der Waals surface area contributed by atoms with Crippen LogP contribution in [0.15, 0.2) is 0 Å². The number of ether oxygens (including phenoxy) is 1. The first-order chi connectivity index (χ1) is 11.7. The minimum absolute atomic E-state index is 0.00623. The molecular formula is C16H22N2O6S. The summed E-state index contributed by atoms with van der Waals surface area (Å²) >= 11 is 1.10. The van der Waals surface area contributed by atoms with Gasteiger partial charge in [0.05, 0.1) is 30.4 Å². The predicted molar refractivity (Wildman–Crippen MR) is 91.8 cm³/mol. The third kappa shape index (κ3) is 4.36. The van der Waals surface area contributed by atoms with Crippen molar-refractivity contribution in [2.24, 2.45) is 0 Å². The van der Waals surface area contributed by atoms with Crippen molar-refractivity contribution in [3.8, 4) is 0 Å². The molecular weight excluding hydrogens is 348 g/mol. The molecule has 1 aliphatic rings. The number of carboxylic acids is 1. The number of rotatable bonds is 5. The van der Waals surface area contributed by atoms with Gasteiger partial charge in [-0.05, 0) is 25.8 Å². The maximum absolute atomic E-state index is 12.1. The largest absolute Gasteiger partial charge is 0.478 e. The molecule has 1 atom stereocenters. The monoisotopic (exact) mass is 370 g/mol. The van der Waals surface area contributed by atoms with Gasteiger partial charge in [-0.1, -0.05) is 6.92 Å². The first kappa shape index (κ1) is 19.4. The van der Waals surface area contributed by atoms with E-state index in [1.165, 1.54) is 0 Å². The van der Waals surface area contributed by atoms with Crippen molar-refractivity contribution in [1.29, 1.82) is 0 Å². The second-order valence-corrected chi connectivity index (χ2v) is 7.56. The predicted octanol–water partition coefficient (Wildman–Crippen LogP) is 1.12. The summed E-state index contributed by atoms with van der Waals surface area (Å²) in [5.41, 5.74) is 0.143. The highest BCUT2D eigenvalue weighted by molar-refractivity contribution is 7.17. The van der Waals surface area contributed by atoms with Gasteiger partial charge in [-0.2, -0.15) is 0 Å². The van der Waals surface area contributed by atoms with Crippen LogP contribution >= 0.6 is 11.3 Å². The van der Waals surface area contributed by atoms with Crippen LogP contribution in [-0.2, 0) is 27.4 Å². The first-order valence-electron chi connectivity index (χ1n) is 7.93. The molecule has 1 aliphatic heterocycles. The van der Waals surface area contributed by atoms with Crippen molar-refractivity contribution in [1.82, 2.24) is 5.32 Å². The van der Waals surface area contributed by atoms with E-state index < -0.39 is 29.4 Å². The third-order valence-corrected chi connectivity index (χ3v) is 5.10. The van der Waals surface area contributed by atoms with Gasteiger partial charge in [-0.25, -0.2) is 4.79 Å². The van der Waals surface area contributed by atoms with E-state index in [4.69, 9.17) is 9.84 Å². The van der Waals surface area contributed by atoms with Gasteiger partial charge in [-0.3, -0.25) is 9.59 Å². The third-order valence-electron chi connectivity index (χ3n) is 3.98. The Kier molecular flexibility index (Phi) is 5.81. The van der Waals surface area contributed by atoms with Crippen molar-refractivity contribution < 1.29 is 29.3 Å². The number of carbonyl (C=O) groups excluding carboxylic acids is 2. The molecule has 2 rings (SSSR count). The molecule has 4 N–H and O–H groups in total. The summed E-state index contributed by atoms with van der Waals surface area (Å²) in [6.45, 7) is 5.47. The van der Waals surface area contributed by atoms with Crippen molar-refractivity contribution in [3.05, 3.63) is 16.0 Å². The molecule has 0 radical (unpaired) electrons. The Labute approximate surface area is 149 Å². The van der Waals surface area contributed by atoms with E-state index >= 15 is 0 Å². The SMILES string of the molecule is CC[C@H](CO)NC(=O)C(=O)Nc1sc2c(c1C(=O)O)CC(C)(C)OC2. The molecule has 9 heteroatoms. The standard InChI is InChI=1S/C16H22N2O6S/c1-4-8(6-19)17-12(20)13(21)18-14-11(15(22)23)9-5-16(2,3)24-7-10(9)25-14/h8,19H,4-7H2,1-3H3,(H,17,20)(H,18,21)(H,22,23)/t8-/m1/s1. The van der Waals surface area contributed by atoms with Gasteiger partial charge >= 0.3 is 17.8 Å². The van der Waals surface area contributed by atoms with Crippen LogP contribution in [0.4, 0.5) is 5.00 Å². The molecule has 1 aromatic heterocycles. The van der Waals surface area contributed by atoms with Gasteiger partial charge in [0, 0.05) is 11.3 Å². The molecule has 0 saturated carbocycles. The van der Waals surface area contributed by atoms with E-state index in [2.05, 4.69) is 10.6 Å². The number of carbonyl (C=O) groups is 3. The second-order valence-electron chi connectivity index (χ2n) is 6.45. The lowest BCUT2D eigenvalue weighted by Gasteiger charge is -2.30. The number of nitrogens with one attached hydrogen (secondary N) is 2. The lowest BCUT2D eigenvalue weighted by Crippen LogP contribution is -2.43. The lowest BCUT2D eigenvalue weighted by atomic mass is 9.93. The van der Waals surface area contributed by atoms with Gasteiger partial charge < -0.3 is 25.6 Å². The van der Waals surface area contributed by atoms with Gasteiger partial charge in [0.25, 0.3) is 0 Å². The summed E-state index contributed by atoms with van der Waals surface area (Å²) in [7, 11) is 0. The summed E-state index contributed by atoms with van der Waals surface area (Å²) in [5.74, 6) is -3.04. The average Bonchev–Trinajstić information content (AvgIpc) is 2.88. The van der Waals surface area contributed by atoms with Crippen LogP contribution in [0, 0.1) is 0 Å². The highest BCUT2D eigenvalue weighted by Crippen LogP contribution is 2.40. The number of hydrogen-bond acceptors (Lipinski definition) is 6. The van der Waals surface area contributed by atoms with Crippen LogP contribution in [0.1, 0.15) is 48.0 Å². The Morgan fingerprint density at radius 2 is 2.00 bits per heavy atom. The topological polar surface area (TPSA) is 125 Å².